The van der Waals surface area contributed by atoms with Crippen LogP contribution in [0.3, 0.4) is 0 Å². The van der Waals surface area contributed by atoms with Crippen molar-refractivity contribution in [2.24, 2.45) is 11.3 Å². The van der Waals surface area contributed by atoms with E-state index in [9.17, 15) is 0 Å². The summed E-state index contributed by atoms with van der Waals surface area (Å²) in [5.41, 5.74) is 1.69. The summed E-state index contributed by atoms with van der Waals surface area (Å²) in [6.45, 7) is 0. The molecule has 3 heteroatoms. The summed E-state index contributed by atoms with van der Waals surface area (Å²) in [6.07, 6.45) is 6.63. The van der Waals surface area contributed by atoms with Crippen LogP contribution in [-0.4, -0.2) is 10.7 Å². The van der Waals surface area contributed by atoms with Gasteiger partial charge in [-0.3, -0.25) is 0 Å². The fraction of sp³-hybridized carbons (Fsp3) is 0.600. The highest BCUT2D eigenvalue weighted by Crippen LogP contribution is 2.44. The molecule has 0 radical (unpaired) electrons. The molecule has 0 aliphatic heterocycles. The van der Waals surface area contributed by atoms with E-state index in [2.05, 4.69) is 50.1 Å². The first-order chi connectivity index (χ1) is 8.70. The van der Waals surface area contributed by atoms with Crippen LogP contribution in [-0.2, 0) is 6.42 Å². The number of benzene rings is 1. The highest BCUT2D eigenvalue weighted by molar-refractivity contribution is 9.09. The van der Waals surface area contributed by atoms with Crippen LogP contribution in [0.1, 0.15) is 31.2 Å². The van der Waals surface area contributed by atoms with Gasteiger partial charge >= 0.3 is 0 Å². The highest BCUT2D eigenvalue weighted by Gasteiger charge is 2.38. The predicted molar refractivity (Wildman–Crippen MR) is 87.1 cm³/mol. The van der Waals surface area contributed by atoms with Crippen molar-refractivity contribution in [3.8, 4) is 0 Å². The third-order valence-electron chi connectivity index (χ3n) is 4.20. The lowest BCUT2D eigenvalue weighted by Gasteiger charge is -2.36. The minimum absolute atomic E-state index is 0.335. The van der Waals surface area contributed by atoms with Crippen LogP contribution >= 0.6 is 43.5 Å². The Bertz CT molecular complexity index is 382. The first-order valence-electron chi connectivity index (χ1n) is 6.56. The van der Waals surface area contributed by atoms with Crippen molar-refractivity contribution in [2.75, 3.05) is 10.7 Å². The summed E-state index contributed by atoms with van der Waals surface area (Å²) in [5, 5.41) is 2.96. The van der Waals surface area contributed by atoms with E-state index >= 15 is 0 Å². The van der Waals surface area contributed by atoms with E-state index in [0.717, 1.165) is 28.0 Å². The average molecular weight is 395 g/mol. The van der Waals surface area contributed by atoms with Gasteiger partial charge in [0.15, 0.2) is 0 Å². The van der Waals surface area contributed by atoms with E-state index in [1.165, 1.54) is 31.2 Å². The van der Waals surface area contributed by atoms with E-state index in [4.69, 9.17) is 11.6 Å². The van der Waals surface area contributed by atoms with Crippen molar-refractivity contribution >= 4 is 43.5 Å². The minimum Gasteiger partial charge on any atom is -0.0921 e. The zero-order chi connectivity index (χ0) is 13.0. The van der Waals surface area contributed by atoms with E-state index in [0.29, 0.717) is 5.41 Å². The van der Waals surface area contributed by atoms with Crippen molar-refractivity contribution in [3.05, 3.63) is 34.9 Å². The van der Waals surface area contributed by atoms with Crippen LogP contribution in [0.15, 0.2) is 24.3 Å². The molecule has 0 amide bonds. The molecule has 0 atom stereocenters. The van der Waals surface area contributed by atoms with Crippen LogP contribution in [0.5, 0.6) is 0 Å². The van der Waals surface area contributed by atoms with Gasteiger partial charge in [0.1, 0.15) is 0 Å². The summed E-state index contributed by atoms with van der Waals surface area (Å²) < 4.78 is 0. The van der Waals surface area contributed by atoms with Crippen molar-refractivity contribution in [1.29, 1.82) is 0 Å². The monoisotopic (exact) mass is 392 g/mol. The summed E-state index contributed by atoms with van der Waals surface area (Å²) in [4.78, 5) is 0. The Hall–Kier alpha value is 0.470. The van der Waals surface area contributed by atoms with Crippen LogP contribution in [0.2, 0.25) is 5.02 Å². The molecule has 2 rings (SSSR count). The van der Waals surface area contributed by atoms with Crippen molar-refractivity contribution in [2.45, 2.75) is 32.1 Å². The minimum atomic E-state index is 0.335. The van der Waals surface area contributed by atoms with Gasteiger partial charge in [0.25, 0.3) is 0 Å². The summed E-state index contributed by atoms with van der Waals surface area (Å²) in [5.74, 6) is 0.829. The quantitative estimate of drug-likeness (QED) is 0.550. The molecule has 0 spiro atoms. The molecule has 1 aromatic rings. The molecule has 0 N–H and O–H groups in total. The fourth-order valence-electron chi connectivity index (χ4n) is 3.08. The maximum Gasteiger partial charge on any atom is 0.0408 e. The van der Waals surface area contributed by atoms with Gasteiger partial charge in [-0.05, 0) is 48.3 Å². The Morgan fingerprint density at radius 3 is 2.39 bits per heavy atom. The van der Waals surface area contributed by atoms with Gasteiger partial charge in [-0.1, -0.05) is 68.4 Å². The zero-order valence-corrected chi connectivity index (χ0v) is 14.4. The Morgan fingerprint density at radius 1 is 1.17 bits per heavy atom. The van der Waals surface area contributed by atoms with E-state index < -0.39 is 0 Å². The van der Waals surface area contributed by atoms with E-state index in [1.807, 2.05) is 6.07 Å². The van der Waals surface area contributed by atoms with Gasteiger partial charge in [0.2, 0.25) is 0 Å². The molecule has 1 saturated carbocycles. The lowest BCUT2D eigenvalue weighted by atomic mass is 9.73. The molecule has 1 aliphatic carbocycles. The molecule has 0 bridgehead atoms. The third-order valence-corrected chi connectivity index (χ3v) is 6.67. The number of rotatable bonds is 5. The van der Waals surface area contributed by atoms with E-state index in [-0.39, 0.29) is 0 Å². The lowest BCUT2D eigenvalue weighted by Crippen LogP contribution is -2.35. The molecule has 0 unspecified atom stereocenters. The molecular weight excluding hydrogens is 375 g/mol. The van der Waals surface area contributed by atoms with Gasteiger partial charge in [-0.15, -0.1) is 0 Å². The molecule has 1 aromatic carbocycles. The molecule has 1 aliphatic rings. The molecule has 18 heavy (non-hydrogen) atoms. The molecule has 0 saturated heterocycles. The third kappa shape index (κ3) is 3.32. The van der Waals surface area contributed by atoms with Gasteiger partial charge in [0, 0.05) is 15.7 Å². The molecule has 0 heterocycles. The Labute approximate surface area is 132 Å². The maximum atomic E-state index is 6.10. The smallest absolute Gasteiger partial charge is 0.0408 e. The number of alkyl halides is 2. The van der Waals surface area contributed by atoms with E-state index in [1.54, 1.807) is 0 Å². The standard InChI is InChI=1S/C15H19Br2Cl/c16-10-15(11-17,13-5-1-2-6-13)9-12-4-3-7-14(18)8-12/h3-4,7-8,13H,1-2,5-6,9-11H2. The van der Waals surface area contributed by atoms with Gasteiger partial charge in [0.05, 0.1) is 0 Å². The number of halogens is 3. The zero-order valence-electron chi connectivity index (χ0n) is 10.5. The van der Waals surface area contributed by atoms with Gasteiger partial charge < -0.3 is 0 Å². The first kappa shape index (κ1) is 14.9. The molecule has 100 valence electrons. The van der Waals surface area contributed by atoms with Crippen molar-refractivity contribution < 1.29 is 0 Å². The van der Waals surface area contributed by atoms with Crippen LogP contribution < -0.4 is 0 Å². The normalized spacial score (nSPS) is 17.3. The largest absolute Gasteiger partial charge is 0.0921 e. The molecule has 0 aromatic heterocycles. The second kappa shape index (κ2) is 6.76. The number of hydrogen-bond acceptors (Lipinski definition) is 0. The maximum absolute atomic E-state index is 6.10. The van der Waals surface area contributed by atoms with Gasteiger partial charge in [-0.2, -0.15) is 0 Å². The summed E-state index contributed by atoms with van der Waals surface area (Å²) in [6, 6.07) is 8.31. The first-order valence-corrected chi connectivity index (χ1v) is 9.19. The SMILES string of the molecule is Clc1cccc(CC(CBr)(CBr)C2CCCC2)c1. The second-order valence-electron chi connectivity index (χ2n) is 5.42. The van der Waals surface area contributed by atoms with Crippen LogP contribution in [0, 0.1) is 11.3 Å². The van der Waals surface area contributed by atoms with Gasteiger partial charge in [-0.25, -0.2) is 0 Å². The topological polar surface area (TPSA) is 0 Å². The summed E-state index contributed by atoms with van der Waals surface area (Å²) in [7, 11) is 0. The Kier molecular flexibility index (Phi) is 5.59. The Morgan fingerprint density at radius 2 is 1.83 bits per heavy atom. The molecular formula is C15H19Br2Cl. The number of hydrogen-bond donors (Lipinski definition) is 0. The lowest BCUT2D eigenvalue weighted by molar-refractivity contribution is 0.233. The van der Waals surface area contributed by atoms with Crippen molar-refractivity contribution in [3.63, 3.8) is 0 Å². The molecule has 1 fully saturated rings. The fourth-order valence-corrected chi connectivity index (χ4v) is 5.54. The summed E-state index contributed by atoms with van der Waals surface area (Å²) >= 11 is 13.6. The predicted octanol–water partition coefficient (Wildman–Crippen LogP) is 5.85. The van der Waals surface area contributed by atoms with Crippen LogP contribution in [0.4, 0.5) is 0 Å². The molecule has 0 nitrogen and oxygen atoms in total. The van der Waals surface area contributed by atoms with Crippen LogP contribution in [0.25, 0.3) is 0 Å². The van der Waals surface area contributed by atoms with Crippen molar-refractivity contribution in [1.82, 2.24) is 0 Å². The Balaban J connectivity index is 2.19. The second-order valence-corrected chi connectivity index (χ2v) is 6.98. The average Bonchev–Trinajstić information content (AvgIpc) is 2.90. The highest BCUT2D eigenvalue weighted by atomic mass is 79.9.